The Morgan fingerprint density at radius 3 is 2.43 bits per heavy atom. The lowest BCUT2D eigenvalue weighted by molar-refractivity contribution is -0.384. The summed E-state index contributed by atoms with van der Waals surface area (Å²) >= 11 is 0. The Morgan fingerprint density at radius 2 is 1.95 bits per heavy atom. The number of nitrogens with zero attached hydrogens (tertiary/aromatic N) is 1. The standard InChI is InChI=1S/C11H9FN2O7/c12-7-2-1-5(14(20)21)3-6(7)10(17)13-8(11(18)19)4-9(15)16/h1-3,8H,4H2,(H,13,17)(H,15,16)(H,18,19). The number of benzene rings is 1. The molecule has 1 rings (SSSR count). The topological polar surface area (TPSA) is 147 Å². The predicted molar refractivity (Wildman–Crippen MR) is 64.2 cm³/mol. The van der Waals surface area contributed by atoms with Gasteiger partial charge in [0.2, 0.25) is 0 Å². The summed E-state index contributed by atoms with van der Waals surface area (Å²) in [6, 6.07) is 0.358. The van der Waals surface area contributed by atoms with Crippen LogP contribution in [-0.4, -0.2) is 39.0 Å². The Labute approximate surface area is 116 Å². The SMILES string of the molecule is O=C(O)CC(NC(=O)c1cc([N+](=O)[O-])ccc1F)C(=O)O. The molecule has 0 aliphatic carbocycles. The summed E-state index contributed by atoms with van der Waals surface area (Å²) in [5.74, 6) is -5.47. The van der Waals surface area contributed by atoms with E-state index >= 15 is 0 Å². The Kier molecular flexibility index (Phi) is 4.89. The number of carboxylic acids is 2. The first kappa shape index (κ1) is 16.0. The van der Waals surface area contributed by atoms with E-state index in [0.717, 1.165) is 6.07 Å². The van der Waals surface area contributed by atoms with E-state index in [0.29, 0.717) is 12.1 Å². The molecular formula is C11H9FN2O7. The zero-order valence-electron chi connectivity index (χ0n) is 10.3. The minimum absolute atomic E-state index is 0.563. The molecule has 0 fully saturated rings. The Morgan fingerprint density at radius 1 is 1.33 bits per heavy atom. The minimum Gasteiger partial charge on any atom is -0.481 e. The predicted octanol–water partition coefficient (Wildman–Crippen LogP) is 0.392. The zero-order chi connectivity index (χ0) is 16.2. The molecule has 1 aromatic carbocycles. The molecule has 3 N–H and O–H groups in total. The largest absolute Gasteiger partial charge is 0.481 e. The average molecular weight is 300 g/mol. The third kappa shape index (κ3) is 4.23. The van der Waals surface area contributed by atoms with Crippen LogP contribution in [0.2, 0.25) is 0 Å². The highest BCUT2D eigenvalue weighted by molar-refractivity contribution is 5.98. The van der Waals surface area contributed by atoms with Crippen molar-refractivity contribution in [2.24, 2.45) is 0 Å². The summed E-state index contributed by atoms with van der Waals surface area (Å²) < 4.78 is 13.5. The van der Waals surface area contributed by atoms with E-state index in [4.69, 9.17) is 10.2 Å². The number of hydrogen-bond acceptors (Lipinski definition) is 5. The third-order valence-corrected chi connectivity index (χ3v) is 2.39. The van der Waals surface area contributed by atoms with Gasteiger partial charge in [-0.2, -0.15) is 0 Å². The number of rotatable bonds is 6. The molecule has 0 aliphatic heterocycles. The highest BCUT2D eigenvalue weighted by Gasteiger charge is 2.25. The fourth-order valence-corrected chi connectivity index (χ4v) is 1.41. The van der Waals surface area contributed by atoms with Crippen LogP contribution in [0.3, 0.4) is 0 Å². The van der Waals surface area contributed by atoms with Gasteiger partial charge in [-0.25, -0.2) is 9.18 Å². The minimum atomic E-state index is -1.78. The van der Waals surface area contributed by atoms with Gasteiger partial charge in [-0.1, -0.05) is 0 Å². The molecule has 0 aliphatic rings. The summed E-state index contributed by atoms with van der Waals surface area (Å²) in [4.78, 5) is 42.6. The van der Waals surface area contributed by atoms with Gasteiger partial charge in [0.15, 0.2) is 0 Å². The Bertz CT molecular complexity index is 617. The smallest absolute Gasteiger partial charge is 0.326 e. The van der Waals surface area contributed by atoms with Crippen LogP contribution in [0.5, 0.6) is 0 Å². The first-order valence-corrected chi connectivity index (χ1v) is 5.41. The summed E-state index contributed by atoms with van der Waals surface area (Å²) in [5, 5.41) is 29.6. The van der Waals surface area contributed by atoms with Crippen LogP contribution < -0.4 is 5.32 Å². The Balaban J connectivity index is 3.02. The highest BCUT2D eigenvalue weighted by atomic mass is 19.1. The molecule has 1 amide bonds. The van der Waals surface area contributed by atoms with Crippen molar-refractivity contribution in [3.8, 4) is 0 Å². The maximum absolute atomic E-state index is 13.5. The van der Waals surface area contributed by atoms with Crippen LogP contribution in [0.4, 0.5) is 10.1 Å². The monoisotopic (exact) mass is 300 g/mol. The van der Waals surface area contributed by atoms with Gasteiger partial charge in [-0.3, -0.25) is 19.7 Å². The molecule has 0 saturated heterocycles. The second-order valence-electron chi connectivity index (χ2n) is 3.88. The lowest BCUT2D eigenvalue weighted by Gasteiger charge is -2.12. The van der Waals surface area contributed by atoms with Gasteiger partial charge in [-0.05, 0) is 6.07 Å². The fraction of sp³-hybridized carbons (Fsp3) is 0.182. The number of nitro benzene ring substituents is 1. The van der Waals surface area contributed by atoms with Crippen molar-refractivity contribution < 1.29 is 33.9 Å². The Hall–Kier alpha value is -3.04. The molecule has 0 bridgehead atoms. The maximum atomic E-state index is 13.5. The molecule has 1 unspecified atom stereocenters. The van der Waals surface area contributed by atoms with Gasteiger partial charge >= 0.3 is 11.9 Å². The first-order valence-electron chi connectivity index (χ1n) is 5.41. The van der Waals surface area contributed by atoms with Crippen LogP contribution in [0.15, 0.2) is 18.2 Å². The molecule has 0 aromatic heterocycles. The van der Waals surface area contributed by atoms with Crippen LogP contribution in [0, 0.1) is 15.9 Å². The second-order valence-corrected chi connectivity index (χ2v) is 3.88. The van der Waals surface area contributed by atoms with Crippen molar-refractivity contribution in [3.63, 3.8) is 0 Å². The molecule has 0 heterocycles. The zero-order valence-corrected chi connectivity index (χ0v) is 10.3. The van der Waals surface area contributed by atoms with Crippen molar-refractivity contribution in [3.05, 3.63) is 39.7 Å². The number of halogens is 1. The van der Waals surface area contributed by atoms with E-state index in [1.807, 2.05) is 0 Å². The molecule has 0 radical (unpaired) electrons. The van der Waals surface area contributed by atoms with E-state index in [1.165, 1.54) is 0 Å². The van der Waals surface area contributed by atoms with Gasteiger partial charge in [0.1, 0.15) is 11.9 Å². The van der Waals surface area contributed by atoms with Crippen LogP contribution in [0.25, 0.3) is 0 Å². The van der Waals surface area contributed by atoms with Gasteiger partial charge in [0.05, 0.1) is 16.9 Å². The number of carbonyl (C=O) groups excluding carboxylic acids is 1. The van der Waals surface area contributed by atoms with E-state index in [2.05, 4.69) is 0 Å². The van der Waals surface area contributed by atoms with Crippen LogP contribution >= 0.6 is 0 Å². The van der Waals surface area contributed by atoms with E-state index < -0.39 is 52.3 Å². The first-order chi connectivity index (χ1) is 9.72. The quantitative estimate of drug-likeness (QED) is 0.508. The van der Waals surface area contributed by atoms with E-state index in [-0.39, 0.29) is 0 Å². The van der Waals surface area contributed by atoms with Gasteiger partial charge in [-0.15, -0.1) is 0 Å². The number of aliphatic carboxylic acids is 2. The number of non-ortho nitro benzene ring substituents is 1. The molecule has 21 heavy (non-hydrogen) atoms. The number of hydrogen-bond donors (Lipinski definition) is 3. The average Bonchev–Trinajstić information content (AvgIpc) is 2.37. The van der Waals surface area contributed by atoms with Crippen molar-refractivity contribution in [1.82, 2.24) is 5.32 Å². The van der Waals surface area contributed by atoms with Gasteiger partial charge < -0.3 is 15.5 Å². The molecule has 112 valence electrons. The lowest BCUT2D eigenvalue weighted by Crippen LogP contribution is -2.42. The van der Waals surface area contributed by atoms with E-state index in [9.17, 15) is 28.9 Å². The molecule has 1 aromatic rings. The molecule has 10 heteroatoms. The van der Waals surface area contributed by atoms with Gasteiger partial charge in [0, 0.05) is 12.1 Å². The van der Waals surface area contributed by atoms with Crippen LogP contribution in [-0.2, 0) is 9.59 Å². The van der Waals surface area contributed by atoms with Crippen molar-refractivity contribution in [2.75, 3.05) is 0 Å². The summed E-state index contributed by atoms with van der Waals surface area (Å²) in [6.45, 7) is 0. The molecule has 1 atom stereocenters. The molecule has 0 saturated carbocycles. The fourth-order valence-electron chi connectivity index (χ4n) is 1.41. The lowest BCUT2D eigenvalue weighted by atomic mass is 10.1. The normalized spacial score (nSPS) is 11.5. The number of nitro groups is 1. The van der Waals surface area contributed by atoms with E-state index in [1.54, 1.807) is 5.32 Å². The summed E-state index contributed by atoms with van der Waals surface area (Å²) in [7, 11) is 0. The number of carbonyl (C=O) groups is 3. The summed E-state index contributed by atoms with van der Waals surface area (Å²) in [5.41, 5.74) is -1.31. The van der Waals surface area contributed by atoms with Crippen molar-refractivity contribution in [2.45, 2.75) is 12.5 Å². The van der Waals surface area contributed by atoms with Crippen molar-refractivity contribution in [1.29, 1.82) is 0 Å². The molecule has 9 nitrogen and oxygen atoms in total. The van der Waals surface area contributed by atoms with Crippen LogP contribution in [0.1, 0.15) is 16.8 Å². The summed E-state index contributed by atoms with van der Waals surface area (Å²) in [6.07, 6.45) is -0.919. The maximum Gasteiger partial charge on any atom is 0.326 e. The highest BCUT2D eigenvalue weighted by Crippen LogP contribution is 2.17. The number of nitrogens with one attached hydrogen (secondary N) is 1. The number of amides is 1. The van der Waals surface area contributed by atoms with Gasteiger partial charge in [0.25, 0.3) is 11.6 Å². The molecular weight excluding hydrogens is 291 g/mol. The second kappa shape index (κ2) is 6.41. The molecule has 0 spiro atoms. The third-order valence-electron chi connectivity index (χ3n) is 2.39. The van der Waals surface area contributed by atoms with Crippen molar-refractivity contribution >= 4 is 23.5 Å². The number of carboxylic acid groups (broad SMARTS) is 2.